The van der Waals surface area contributed by atoms with E-state index in [1.165, 1.54) is 4.90 Å². The third-order valence-corrected chi connectivity index (χ3v) is 8.87. The number of aromatic nitrogens is 4. The Morgan fingerprint density at radius 3 is 1.58 bits per heavy atom. The third kappa shape index (κ3) is 9.22. The van der Waals surface area contributed by atoms with Gasteiger partial charge >= 0.3 is 12.2 Å². The molecule has 0 saturated carbocycles. The van der Waals surface area contributed by atoms with E-state index in [9.17, 15) is 9.59 Å². The van der Waals surface area contributed by atoms with Crippen LogP contribution in [0, 0.1) is 27.7 Å². The van der Waals surface area contributed by atoms with Crippen molar-refractivity contribution in [1.29, 1.82) is 0 Å². The Labute approximate surface area is 309 Å². The van der Waals surface area contributed by atoms with Crippen LogP contribution in [0.15, 0.2) is 97.3 Å². The number of aryl methyl sites for hydroxylation is 4. The highest BCUT2D eigenvalue weighted by molar-refractivity contribution is 5.66. The fraction of sp³-hybridized carbons (Fsp3) is 0.220. The lowest BCUT2D eigenvalue weighted by molar-refractivity contribution is 0.150. The Morgan fingerprint density at radius 1 is 0.679 bits per heavy atom. The van der Waals surface area contributed by atoms with Gasteiger partial charge in [0.1, 0.15) is 18.1 Å². The van der Waals surface area contributed by atoms with E-state index in [-0.39, 0.29) is 6.61 Å². The molecule has 2 heterocycles. The number of carbonyl (C=O) groups excluding carboxylic acids is 1. The van der Waals surface area contributed by atoms with Gasteiger partial charge in [-0.25, -0.2) is 19.0 Å². The van der Waals surface area contributed by atoms with Gasteiger partial charge in [0.2, 0.25) is 0 Å². The standard InChI is InChI=1S/C21H23N3O3.C20H21N3O3/c1-14-5-6-16(12-17(14)13-23(3)21(25)26)19-9-10-24(22-19)20-8-7-18(27-4)11-15(20)2;1-13-4-5-15(11-16(13)12-26-20(21)24)18-8-9-23(22-18)19-7-6-17(25-3)10-14(19)2/h5-12H,13H2,1-4H3,(H,25,26);4-11H,12H2,1-3H3,(H2,21,24). The van der Waals surface area contributed by atoms with Gasteiger partial charge in [-0.1, -0.05) is 24.3 Å². The lowest BCUT2D eigenvalue weighted by Crippen LogP contribution is -2.24. The van der Waals surface area contributed by atoms with Crippen LogP contribution < -0.4 is 15.2 Å². The zero-order valence-electron chi connectivity index (χ0n) is 31.0. The van der Waals surface area contributed by atoms with Crippen LogP contribution in [0.2, 0.25) is 0 Å². The van der Waals surface area contributed by atoms with E-state index in [1.807, 2.05) is 134 Å². The molecule has 3 N–H and O–H groups in total. The molecule has 0 aliphatic rings. The van der Waals surface area contributed by atoms with Crippen LogP contribution in [-0.4, -0.2) is 63.0 Å². The van der Waals surface area contributed by atoms with Gasteiger partial charge in [-0.2, -0.15) is 10.2 Å². The van der Waals surface area contributed by atoms with Gasteiger partial charge in [-0.3, -0.25) is 0 Å². The first kappa shape index (κ1) is 37.7. The van der Waals surface area contributed by atoms with Gasteiger partial charge in [0.15, 0.2) is 0 Å². The molecule has 0 spiro atoms. The monoisotopic (exact) mass is 716 g/mol. The minimum atomic E-state index is -0.945. The van der Waals surface area contributed by atoms with E-state index in [0.717, 1.165) is 78.8 Å². The normalized spacial score (nSPS) is 10.6. The number of carboxylic acid groups (broad SMARTS) is 1. The fourth-order valence-electron chi connectivity index (χ4n) is 5.71. The summed E-state index contributed by atoms with van der Waals surface area (Å²) < 4.78 is 19.1. The second-order valence-corrected chi connectivity index (χ2v) is 12.6. The molecule has 12 nitrogen and oxygen atoms in total. The quantitative estimate of drug-likeness (QED) is 0.145. The van der Waals surface area contributed by atoms with Gasteiger partial charge in [0.25, 0.3) is 0 Å². The Hall–Kier alpha value is -6.56. The van der Waals surface area contributed by atoms with Crippen LogP contribution in [0.1, 0.15) is 33.4 Å². The fourth-order valence-corrected chi connectivity index (χ4v) is 5.71. The number of nitrogens with zero attached hydrogens (tertiary/aromatic N) is 5. The number of carbonyl (C=O) groups is 2. The first-order chi connectivity index (χ1) is 25.4. The molecule has 0 bridgehead atoms. The predicted octanol–water partition coefficient (Wildman–Crippen LogP) is 8.03. The molecule has 0 aliphatic heterocycles. The summed E-state index contributed by atoms with van der Waals surface area (Å²) in [6.45, 7) is 8.47. The molecule has 0 atom stereocenters. The number of primary amides is 1. The van der Waals surface area contributed by atoms with Crippen LogP contribution in [0.5, 0.6) is 11.5 Å². The summed E-state index contributed by atoms with van der Waals surface area (Å²) >= 11 is 0. The van der Waals surface area contributed by atoms with Crippen molar-refractivity contribution in [2.45, 2.75) is 40.8 Å². The number of amides is 2. The minimum absolute atomic E-state index is 0.146. The molecule has 2 aromatic heterocycles. The van der Waals surface area contributed by atoms with Crippen molar-refractivity contribution in [2.24, 2.45) is 5.73 Å². The first-order valence-corrected chi connectivity index (χ1v) is 16.8. The van der Waals surface area contributed by atoms with E-state index in [0.29, 0.717) is 6.54 Å². The summed E-state index contributed by atoms with van der Waals surface area (Å²) in [6.07, 6.45) is 2.12. The Bertz CT molecular complexity index is 2240. The molecule has 4 aromatic carbocycles. The molecule has 0 fully saturated rings. The van der Waals surface area contributed by atoms with E-state index in [1.54, 1.807) is 21.3 Å². The molecule has 2 amide bonds. The molecule has 274 valence electrons. The maximum atomic E-state index is 11.1. The van der Waals surface area contributed by atoms with Gasteiger partial charge in [0, 0.05) is 37.1 Å². The SMILES string of the molecule is COc1ccc(-n2ccc(-c3ccc(C)c(CN(C)C(=O)O)c3)n2)c(C)c1.COc1ccc(-n2ccc(-c3ccc(C)c(COC(N)=O)c3)n2)c(C)c1. The van der Waals surface area contributed by atoms with Crippen molar-refractivity contribution < 1.29 is 28.9 Å². The number of rotatable bonds is 10. The first-order valence-electron chi connectivity index (χ1n) is 16.8. The number of methoxy groups -OCH3 is 2. The highest BCUT2D eigenvalue weighted by Gasteiger charge is 2.13. The van der Waals surface area contributed by atoms with Crippen LogP contribution in [-0.2, 0) is 17.9 Å². The summed E-state index contributed by atoms with van der Waals surface area (Å²) in [5.41, 5.74) is 16.7. The molecule has 0 radical (unpaired) electrons. The second kappa shape index (κ2) is 16.6. The topological polar surface area (TPSA) is 147 Å². The van der Waals surface area contributed by atoms with Crippen molar-refractivity contribution in [1.82, 2.24) is 24.5 Å². The van der Waals surface area contributed by atoms with E-state index >= 15 is 0 Å². The number of hydrogen-bond donors (Lipinski definition) is 2. The maximum absolute atomic E-state index is 11.1. The summed E-state index contributed by atoms with van der Waals surface area (Å²) in [6, 6.07) is 27.6. The van der Waals surface area contributed by atoms with Crippen LogP contribution in [0.3, 0.4) is 0 Å². The Kier molecular flexibility index (Phi) is 11.8. The highest BCUT2D eigenvalue weighted by Crippen LogP contribution is 2.27. The zero-order chi connectivity index (χ0) is 38.2. The van der Waals surface area contributed by atoms with Crippen LogP contribution >= 0.6 is 0 Å². The Balaban J connectivity index is 0.000000204. The minimum Gasteiger partial charge on any atom is -0.497 e. The van der Waals surface area contributed by atoms with Crippen molar-refractivity contribution in [3.05, 3.63) is 131 Å². The average molecular weight is 717 g/mol. The molecule has 6 aromatic rings. The van der Waals surface area contributed by atoms with E-state index < -0.39 is 12.2 Å². The lowest BCUT2D eigenvalue weighted by atomic mass is 10.0. The number of ether oxygens (including phenoxy) is 3. The number of benzene rings is 4. The summed E-state index contributed by atoms with van der Waals surface area (Å²) in [5.74, 6) is 1.63. The molecule has 6 rings (SSSR count). The van der Waals surface area contributed by atoms with Crippen molar-refractivity contribution in [2.75, 3.05) is 21.3 Å². The van der Waals surface area contributed by atoms with Gasteiger partial charge in [-0.05, 0) is 122 Å². The predicted molar refractivity (Wildman–Crippen MR) is 204 cm³/mol. The molecule has 0 aliphatic carbocycles. The average Bonchev–Trinajstić information content (AvgIpc) is 3.83. The molecule has 12 heteroatoms. The second-order valence-electron chi connectivity index (χ2n) is 12.6. The molecular formula is C41H44N6O6. The highest BCUT2D eigenvalue weighted by atomic mass is 16.5. The summed E-state index contributed by atoms with van der Waals surface area (Å²) in [4.78, 5) is 23.2. The van der Waals surface area contributed by atoms with Crippen molar-refractivity contribution >= 4 is 12.2 Å². The Morgan fingerprint density at radius 2 is 1.15 bits per heavy atom. The molecule has 53 heavy (non-hydrogen) atoms. The smallest absolute Gasteiger partial charge is 0.407 e. The van der Waals surface area contributed by atoms with Crippen molar-refractivity contribution in [3.63, 3.8) is 0 Å². The maximum Gasteiger partial charge on any atom is 0.407 e. The largest absolute Gasteiger partial charge is 0.497 e. The summed E-state index contributed by atoms with van der Waals surface area (Å²) in [7, 11) is 4.87. The molecular weight excluding hydrogens is 672 g/mol. The zero-order valence-corrected chi connectivity index (χ0v) is 31.0. The molecule has 0 unspecified atom stereocenters. The van der Waals surface area contributed by atoms with E-state index in [4.69, 9.17) is 30.1 Å². The van der Waals surface area contributed by atoms with Gasteiger partial charge < -0.3 is 30.0 Å². The van der Waals surface area contributed by atoms with Crippen LogP contribution in [0.25, 0.3) is 33.9 Å². The van der Waals surface area contributed by atoms with Gasteiger partial charge in [0.05, 0.1) is 37.0 Å². The third-order valence-electron chi connectivity index (χ3n) is 8.87. The van der Waals surface area contributed by atoms with E-state index in [2.05, 4.69) is 5.10 Å². The van der Waals surface area contributed by atoms with Gasteiger partial charge in [-0.15, -0.1) is 0 Å². The number of hydrogen-bond acceptors (Lipinski definition) is 7. The number of nitrogens with two attached hydrogens (primary N) is 1. The lowest BCUT2D eigenvalue weighted by Gasteiger charge is -2.15. The molecule has 0 saturated heterocycles. The van der Waals surface area contributed by atoms with Crippen molar-refractivity contribution in [3.8, 4) is 45.4 Å². The summed E-state index contributed by atoms with van der Waals surface area (Å²) in [5, 5.41) is 18.5. The van der Waals surface area contributed by atoms with Crippen LogP contribution in [0.4, 0.5) is 9.59 Å².